The lowest BCUT2D eigenvalue weighted by Crippen LogP contribution is -2.38. The lowest BCUT2D eigenvalue weighted by Gasteiger charge is -2.22. The van der Waals surface area contributed by atoms with Crippen molar-refractivity contribution >= 4 is 24.4 Å². The zero-order valence-corrected chi connectivity index (χ0v) is 13.0. The molecule has 1 aliphatic rings. The number of rotatable bonds is 3. The van der Waals surface area contributed by atoms with Gasteiger partial charge in [-0.1, -0.05) is 12.1 Å². The Morgan fingerprint density at radius 1 is 1.14 bits per heavy atom. The van der Waals surface area contributed by atoms with Crippen LogP contribution in [-0.2, 0) is 9.53 Å². The monoisotopic (exact) mass is 308 g/mol. The van der Waals surface area contributed by atoms with Gasteiger partial charge in [0.25, 0.3) is 5.91 Å². The molecular weight excluding hydrogens is 288 g/mol. The second-order valence-electron chi connectivity index (χ2n) is 4.98. The number of hydrogen-bond acceptors (Lipinski definition) is 4. The van der Waals surface area contributed by atoms with E-state index in [1.54, 1.807) is 15.9 Å². The molecule has 1 fully saturated rings. The number of amides is 2. The van der Waals surface area contributed by atoms with Gasteiger partial charge < -0.3 is 14.5 Å². The van der Waals surface area contributed by atoms with Crippen molar-refractivity contribution in [1.82, 2.24) is 9.80 Å². The van der Waals surface area contributed by atoms with E-state index in [1.165, 1.54) is 7.11 Å². The van der Waals surface area contributed by atoms with Gasteiger partial charge in [0.2, 0.25) is 5.91 Å². The highest BCUT2D eigenvalue weighted by Gasteiger charge is 2.23. The van der Waals surface area contributed by atoms with Crippen LogP contribution in [0.2, 0.25) is 0 Å². The van der Waals surface area contributed by atoms with Crippen LogP contribution < -0.4 is 0 Å². The summed E-state index contributed by atoms with van der Waals surface area (Å²) in [6.07, 6.45) is 0.774. The largest absolute Gasteiger partial charge is 0.375 e. The summed E-state index contributed by atoms with van der Waals surface area (Å²) >= 11 is 4.33. The quantitative estimate of drug-likeness (QED) is 0.856. The van der Waals surface area contributed by atoms with Crippen molar-refractivity contribution in [2.45, 2.75) is 11.3 Å². The number of carbonyl (C=O) groups excluding carboxylic acids is 2. The summed E-state index contributed by atoms with van der Waals surface area (Å²) in [5.74, 6) is -0.0527. The summed E-state index contributed by atoms with van der Waals surface area (Å²) in [5.41, 5.74) is 0.609. The van der Waals surface area contributed by atoms with Gasteiger partial charge >= 0.3 is 0 Å². The number of nitrogens with zero attached hydrogens (tertiary/aromatic N) is 2. The molecule has 0 saturated carbocycles. The summed E-state index contributed by atoms with van der Waals surface area (Å²) in [5, 5.41) is 0. The highest BCUT2D eigenvalue weighted by atomic mass is 32.1. The molecule has 21 heavy (non-hydrogen) atoms. The van der Waals surface area contributed by atoms with E-state index in [1.807, 2.05) is 18.2 Å². The third kappa shape index (κ3) is 3.98. The molecule has 0 aliphatic carbocycles. The fraction of sp³-hybridized carbons (Fsp3) is 0.467. The van der Waals surface area contributed by atoms with Gasteiger partial charge in [-0.25, -0.2) is 0 Å². The first-order valence-electron chi connectivity index (χ1n) is 6.97. The van der Waals surface area contributed by atoms with Crippen molar-refractivity contribution < 1.29 is 14.3 Å². The summed E-state index contributed by atoms with van der Waals surface area (Å²) in [6.45, 7) is 2.48. The molecular formula is C15H20N2O3S. The first-order chi connectivity index (χ1) is 10.1. The van der Waals surface area contributed by atoms with Crippen LogP contribution in [-0.4, -0.2) is 61.5 Å². The lowest BCUT2D eigenvalue weighted by atomic mass is 10.2. The topological polar surface area (TPSA) is 49.9 Å². The molecule has 0 bridgehead atoms. The molecule has 0 aromatic heterocycles. The fourth-order valence-corrected chi connectivity index (χ4v) is 2.67. The summed E-state index contributed by atoms with van der Waals surface area (Å²) in [4.78, 5) is 28.6. The van der Waals surface area contributed by atoms with Crippen LogP contribution in [0.3, 0.4) is 0 Å². The smallest absolute Gasteiger partial charge is 0.255 e. The Hall–Kier alpha value is -1.53. The van der Waals surface area contributed by atoms with Crippen LogP contribution in [0.4, 0.5) is 0 Å². The van der Waals surface area contributed by atoms with E-state index in [0.29, 0.717) is 36.6 Å². The first kappa shape index (κ1) is 15.9. The average Bonchev–Trinajstić information content (AvgIpc) is 2.73. The average molecular weight is 308 g/mol. The van der Waals surface area contributed by atoms with Gasteiger partial charge in [0.1, 0.15) is 6.61 Å². The fourth-order valence-electron chi connectivity index (χ4n) is 2.41. The molecule has 1 aromatic rings. The second-order valence-corrected chi connectivity index (χ2v) is 5.46. The number of carbonyl (C=O) groups is 2. The van der Waals surface area contributed by atoms with Crippen LogP contribution in [0, 0.1) is 0 Å². The molecule has 5 nitrogen and oxygen atoms in total. The molecule has 1 heterocycles. The van der Waals surface area contributed by atoms with Gasteiger partial charge in [0.05, 0.1) is 5.56 Å². The number of hydrogen-bond donors (Lipinski definition) is 1. The van der Waals surface area contributed by atoms with E-state index in [9.17, 15) is 9.59 Å². The maximum Gasteiger partial charge on any atom is 0.255 e. The van der Waals surface area contributed by atoms with E-state index in [4.69, 9.17) is 4.74 Å². The molecule has 0 N–H and O–H groups in total. The van der Waals surface area contributed by atoms with E-state index in [-0.39, 0.29) is 18.4 Å². The molecule has 1 aliphatic heterocycles. The third-order valence-electron chi connectivity index (χ3n) is 3.54. The predicted octanol–water partition coefficient (Wildman–Crippen LogP) is 1.30. The van der Waals surface area contributed by atoms with Crippen LogP contribution in [0.25, 0.3) is 0 Å². The third-order valence-corrected chi connectivity index (χ3v) is 3.93. The van der Waals surface area contributed by atoms with E-state index in [0.717, 1.165) is 6.42 Å². The van der Waals surface area contributed by atoms with Crippen LogP contribution in [0.15, 0.2) is 29.2 Å². The Balaban J connectivity index is 2.01. The zero-order valence-electron chi connectivity index (χ0n) is 12.1. The number of ether oxygens (including phenoxy) is 1. The summed E-state index contributed by atoms with van der Waals surface area (Å²) < 4.78 is 4.88. The van der Waals surface area contributed by atoms with Crippen molar-refractivity contribution in [3.05, 3.63) is 29.8 Å². The van der Waals surface area contributed by atoms with Crippen LogP contribution in [0.5, 0.6) is 0 Å². The maximum atomic E-state index is 12.5. The molecule has 0 atom stereocenters. The summed E-state index contributed by atoms with van der Waals surface area (Å²) in [6, 6.07) is 7.28. The molecule has 114 valence electrons. The maximum absolute atomic E-state index is 12.5. The number of benzene rings is 1. The molecule has 0 radical (unpaired) electrons. The number of methoxy groups -OCH3 is 1. The van der Waals surface area contributed by atoms with Gasteiger partial charge in [-0.3, -0.25) is 9.59 Å². The Kier molecular flexibility index (Phi) is 5.64. The van der Waals surface area contributed by atoms with Gasteiger partial charge in [-0.05, 0) is 18.6 Å². The van der Waals surface area contributed by atoms with E-state index >= 15 is 0 Å². The minimum absolute atomic E-state index is 0.0263. The Morgan fingerprint density at radius 2 is 1.81 bits per heavy atom. The highest BCUT2D eigenvalue weighted by Crippen LogP contribution is 2.16. The molecule has 0 unspecified atom stereocenters. The molecule has 6 heteroatoms. The zero-order chi connectivity index (χ0) is 15.2. The summed E-state index contributed by atoms with van der Waals surface area (Å²) in [7, 11) is 1.51. The minimum atomic E-state index is -0.0265. The lowest BCUT2D eigenvalue weighted by molar-refractivity contribution is -0.135. The predicted molar refractivity (Wildman–Crippen MR) is 82.7 cm³/mol. The Bertz CT molecular complexity index is 521. The minimum Gasteiger partial charge on any atom is -0.375 e. The van der Waals surface area contributed by atoms with Crippen molar-refractivity contribution in [3.63, 3.8) is 0 Å². The van der Waals surface area contributed by atoms with E-state index < -0.39 is 0 Å². The standard InChI is InChI=1S/C15H20N2O3S/c1-20-11-14(18)16-7-4-8-17(10-9-16)15(19)12-5-2-3-6-13(12)21/h2-3,5-6,21H,4,7-11H2,1H3. The van der Waals surface area contributed by atoms with Crippen molar-refractivity contribution in [2.24, 2.45) is 0 Å². The Labute approximate surface area is 130 Å². The van der Waals surface area contributed by atoms with Crippen LogP contribution >= 0.6 is 12.6 Å². The second kappa shape index (κ2) is 7.47. The highest BCUT2D eigenvalue weighted by molar-refractivity contribution is 7.80. The van der Waals surface area contributed by atoms with Gasteiger partial charge in [-0.2, -0.15) is 0 Å². The van der Waals surface area contributed by atoms with E-state index in [2.05, 4.69) is 12.6 Å². The Morgan fingerprint density at radius 3 is 2.52 bits per heavy atom. The normalized spacial score (nSPS) is 15.7. The van der Waals surface area contributed by atoms with Gasteiger partial charge in [-0.15, -0.1) is 12.6 Å². The molecule has 1 saturated heterocycles. The molecule has 2 rings (SSSR count). The van der Waals surface area contributed by atoms with Crippen molar-refractivity contribution in [3.8, 4) is 0 Å². The first-order valence-corrected chi connectivity index (χ1v) is 7.42. The van der Waals surface area contributed by atoms with Crippen molar-refractivity contribution in [1.29, 1.82) is 0 Å². The molecule has 0 spiro atoms. The van der Waals surface area contributed by atoms with Crippen molar-refractivity contribution in [2.75, 3.05) is 39.9 Å². The van der Waals surface area contributed by atoms with Gasteiger partial charge in [0, 0.05) is 38.2 Å². The molecule has 2 amide bonds. The number of thiol groups is 1. The van der Waals surface area contributed by atoms with Crippen LogP contribution in [0.1, 0.15) is 16.8 Å². The SMILES string of the molecule is COCC(=O)N1CCCN(C(=O)c2ccccc2S)CC1. The van der Waals surface area contributed by atoms with Gasteiger partial charge in [0.15, 0.2) is 0 Å². The molecule has 1 aromatic carbocycles.